The van der Waals surface area contributed by atoms with E-state index in [4.69, 9.17) is 32.7 Å². The number of hydrogen-bond acceptors (Lipinski definition) is 5. The Morgan fingerprint density at radius 1 is 1.28 bits per heavy atom. The largest absolute Gasteiger partial charge is 0.358 e. The van der Waals surface area contributed by atoms with Crippen molar-refractivity contribution in [3.05, 3.63) is 75.8 Å². The highest BCUT2D eigenvalue weighted by atomic mass is 35.5. The fraction of sp³-hybridized carbons (Fsp3) is 0.286. The first-order chi connectivity index (χ1) is 14.0. The highest BCUT2D eigenvalue weighted by Crippen LogP contribution is 2.41. The van der Waals surface area contributed by atoms with Gasteiger partial charge in [0.15, 0.2) is 6.23 Å². The molecule has 0 aliphatic carbocycles. The summed E-state index contributed by atoms with van der Waals surface area (Å²) in [5.41, 5.74) is 2.87. The summed E-state index contributed by atoms with van der Waals surface area (Å²) in [6, 6.07) is 11.6. The van der Waals surface area contributed by atoms with Gasteiger partial charge in [0.1, 0.15) is 5.82 Å². The first-order valence-corrected chi connectivity index (χ1v) is 11.1. The molecule has 2 heterocycles. The van der Waals surface area contributed by atoms with E-state index in [1.165, 1.54) is 4.90 Å². The highest BCUT2D eigenvalue weighted by Gasteiger charge is 2.45. The minimum absolute atomic E-state index is 0.337. The van der Waals surface area contributed by atoms with Crippen molar-refractivity contribution in [1.29, 1.82) is 0 Å². The summed E-state index contributed by atoms with van der Waals surface area (Å²) in [6.45, 7) is 2.44. The number of H-pyrrole nitrogens is 1. The summed E-state index contributed by atoms with van der Waals surface area (Å²) >= 11 is 14.3. The molecule has 0 unspecified atom stereocenters. The van der Waals surface area contributed by atoms with Crippen LogP contribution in [0.4, 0.5) is 5.69 Å². The first-order valence-electron chi connectivity index (χ1n) is 9.16. The molecule has 1 aliphatic rings. The molecule has 0 saturated carbocycles. The third kappa shape index (κ3) is 4.42. The Hall–Kier alpha value is -1.70. The number of anilines is 1. The van der Waals surface area contributed by atoms with Crippen LogP contribution in [0, 0.1) is 6.92 Å². The number of aryl methyl sites for hydroxylation is 1. The quantitative estimate of drug-likeness (QED) is 0.477. The third-order valence-electron chi connectivity index (χ3n) is 4.85. The number of aromatic nitrogens is 2. The maximum Gasteiger partial charge on any atom is 0.205 e. The molecule has 1 aromatic heterocycles. The second kappa shape index (κ2) is 8.58. The van der Waals surface area contributed by atoms with E-state index in [1.54, 1.807) is 36.3 Å². The Morgan fingerprint density at radius 2 is 2.14 bits per heavy atom. The summed E-state index contributed by atoms with van der Waals surface area (Å²) in [4.78, 5) is 8.66. The average Bonchev–Trinajstić information content (AvgIpc) is 3.34. The molecule has 152 valence electrons. The number of nitrogens with one attached hydrogen (secondary N) is 2. The van der Waals surface area contributed by atoms with Crippen molar-refractivity contribution in [2.45, 2.75) is 30.3 Å². The molecule has 1 fully saturated rings. The van der Waals surface area contributed by atoms with Gasteiger partial charge in [0.05, 0.1) is 18.1 Å². The molecule has 1 saturated heterocycles. The van der Waals surface area contributed by atoms with Crippen LogP contribution in [-0.4, -0.2) is 29.1 Å². The zero-order chi connectivity index (χ0) is 20.4. The smallest absolute Gasteiger partial charge is 0.205 e. The fourth-order valence-corrected chi connectivity index (χ4v) is 4.47. The molecule has 0 amide bonds. The van der Waals surface area contributed by atoms with Crippen LogP contribution in [0.3, 0.4) is 0 Å². The normalized spacial score (nSPS) is 21.4. The Bertz CT molecular complexity index is 1000. The highest BCUT2D eigenvalue weighted by molar-refractivity contribution is 7.98. The van der Waals surface area contributed by atoms with Gasteiger partial charge in [-0.2, -0.15) is 0 Å². The average molecular weight is 450 g/mol. The fourth-order valence-electron chi connectivity index (χ4n) is 3.42. The maximum absolute atomic E-state index is 6.51. The van der Waals surface area contributed by atoms with E-state index in [1.807, 2.05) is 6.07 Å². The Kier molecular flexibility index (Phi) is 6.08. The molecule has 4 rings (SSSR count). The monoisotopic (exact) mass is 449 g/mol. The lowest BCUT2D eigenvalue weighted by Crippen LogP contribution is -2.33. The molecule has 5 nitrogen and oxygen atoms in total. The summed E-state index contributed by atoms with van der Waals surface area (Å²) in [6.07, 6.45) is 5.59. The molecular formula is C21H21Cl2N3O2S. The van der Waals surface area contributed by atoms with Crippen LogP contribution in [0.2, 0.25) is 10.0 Å². The van der Waals surface area contributed by atoms with Crippen LogP contribution in [0.25, 0.3) is 0 Å². The minimum Gasteiger partial charge on any atom is -0.358 e. The van der Waals surface area contributed by atoms with Gasteiger partial charge in [-0.3, -0.25) is 0 Å². The van der Waals surface area contributed by atoms with Crippen molar-refractivity contribution in [3.63, 3.8) is 0 Å². The number of hydrogen-bond donors (Lipinski definition) is 2. The molecular weight excluding hydrogens is 429 g/mol. The van der Waals surface area contributed by atoms with Crippen molar-refractivity contribution in [3.8, 4) is 0 Å². The molecule has 0 bridgehead atoms. The Morgan fingerprint density at radius 3 is 2.83 bits per heavy atom. The van der Waals surface area contributed by atoms with Crippen molar-refractivity contribution in [1.82, 2.24) is 9.97 Å². The van der Waals surface area contributed by atoms with Crippen molar-refractivity contribution in [2.75, 3.05) is 18.2 Å². The molecule has 29 heavy (non-hydrogen) atoms. The van der Waals surface area contributed by atoms with Gasteiger partial charge >= 0.3 is 0 Å². The SMILES string of the molecule is CSc1ccc(N[C@@H]2CO[C@](Cc3ncc[nH]3)(c3ccc(Cl)cc3Cl)O2)c(C)c1. The number of benzene rings is 2. The lowest BCUT2D eigenvalue weighted by molar-refractivity contribution is -0.174. The number of aromatic amines is 1. The van der Waals surface area contributed by atoms with Crippen LogP contribution >= 0.6 is 35.0 Å². The Balaban J connectivity index is 1.61. The standard InChI is InChI=1S/C21H21Cl2N3O2S/c1-13-9-15(29-2)4-6-18(13)26-20-12-27-21(28-20,11-19-24-7-8-25-19)16-5-3-14(22)10-17(16)23/h3-10,20,26H,11-12H2,1-2H3,(H,24,25)/t20-,21-/m0/s1. The molecule has 3 aromatic rings. The van der Waals surface area contributed by atoms with E-state index in [9.17, 15) is 0 Å². The van der Waals surface area contributed by atoms with Crippen LogP contribution in [-0.2, 0) is 21.7 Å². The van der Waals surface area contributed by atoms with Crippen LogP contribution in [0.5, 0.6) is 0 Å². The summed E-state index contributed by atoms with van der Waals surface area (Å²) < 4.78 is 12.6. The number of rotatable bonds is 6. The number of nitrogens with zero attached hydrogens (tertiary/aromatic N) is 1. The predicted octanol–water partition coefficient (Wildman–Crippen LogP) is 5.63. The van der Waals surface area contributed by atoms with Crippen molar-refractivity contribution < 1.29 is 9.47 Å². The second-order valence-electron chi connectivity index (χ2n) is 6.83. The van der Waals surface area contributed by atoms with Gasteiger partial charge in [-0.25, -0.2) is 4.98 Å². The van der Waals surface area contributed by atoms with E-state index in [-0.39, 0.29) is 6.23 Å². The summed E-state index contributed by atoms with van der Waals surface area (Å²) in [7, 11) is 0. The molecule has 2 N–H and O–H groups in total. The number of ether oxygens (including phenoxy) is 2. The molecule has 0 spiro atoms. The van der Waals surface area contributed by atoms with Gasteiger partial charge < -0.3 is 19.8 Å². The topological polar surface area (TPSA) is 59.2 Å². The van der Waals surface area contributed by atoms with Crippen LogP contribution in [0.1, 0.15) is 17.0 Å². The van der Waals surface area contributed by atoms with E-state index < -0.39 is 5.79 Å². The Labute approximate surface area is 184 Å². The summed E-state index contributed by atoms with van der Waals surface area (Å²) in [5, 5.41) is 4.49. The zero-order valence-corrected chi connectivity index (χ0v) is 18.4. The second-order valence-corrected chi connectivity index (χ2v) is 8.56. The van der Waals surface area contributed by atoms with Gasteiger partial charge in [0, 0.05) is 33.6 Å². The van der Waals surface area contributed by atoms with E-state index in [0.29, 0.717) is 23.1 Å². The lowest BCUT2D eigenvalue weighted by atomic mass is 10.0. The van der Waals surface area contributed by atoms with E-state index in [0.717, 1.165) is 22.6 Å². The van der Waals surface area contributed by atoms with Gasteiger partial charge in [-0.15, -0.1) is 11.8 Å². The van der Waals surface area contributed by atoms with Crippen molar-refractivity contribution in [2.24, 2.45) is 0 Å². The third-order valence-corrected chi connectivity index (χ3v) is 6.12. The van der Waals surface area contributed by atoms with E-state index in [2.05, 4.69) is 46.7 Å². The van der Waals surface area contributed by atoms with Gasteiger partial charge in [-0.05, 0) is 49.1 Å². The summed E-state index contributed by atoms with van der Waals surface area (Å²) in [5.74, 6) is -0.318. The molecule has 8 heteroatoms. The van der Waals surface area contributed by atoms with Gasteiger partial charge in [0.25, 0.3) is 0 Å². The van der Waals surface area contributed by atoms with Crippen molar-refractivity contribution >= 4 is 40.7 Å². The lowest BCUT2D eigenvalue weighted by Gasteiger charge is -2.29. The molecule has 0 radical (unpaired) electrons. The van der Waals surface area contributed by atoms with Gasteiger partial charge in [0.2, 0.25) is 5.79 Å². The predicted molar refractivity (Wildman–Crippen MR) is 118 cm³/mol. The van der Waals surface area contributed by atoms with Crippen LogP contribution < -0.4 is 5.32 Å². The van der Waals surface area contributed by atoms with E-state index >= 15 is 0 Å². The number of thioether (sulfide) groups is 1. The van der Waals surface area contributed by atoms with Crippen LogP contribution in [0.15, 0.2) is 53.7 Å². The maximum atomic E-state index is 6.51. The minimum atomic E-state index is -1.07. The first kappa shape index (κ1) is 20.6. The number of imidazole rings is 1. The zero-order valence-electron chi connectivity index (χ0n) is 16.0. The number of halogens is 2. The molecule has 1 aliphatic heterocycles. The molecule has 2 aromatic carbocycles. The molecule has 2 atom stereocenters. The van der Waals surface area contributed by atoms with Gasteiger partial charge in [-0.1, -0.05) is 29.3 Å².